The van der Waals surface area contributed by atoms with Crippen LogP contribution >= 0.6 is 11.6 Å². The molecule has 1 rings (SSSR count). The van der Waals surface area contributed by atoms with Crippen molar-refractivity contribution in [2.24, 2.45) is 0 Å². The first kappa shape index (κ1) is 17.2. The zero-order valence-electron chi connectivity index (χ0n) is 12.1. The Balaban J connectivity index is 2.59. The molecule has 0 aliphatic heterocycles. The van der Waals surface area contributed by atoms with Crippen LogP contribution in [0.25, 0.3) is 0 Å². The Kier molecular flexibility index (Phi) is 6.40. The number of nitro groups is 1. The zero-order chi connectivity index (χ0) is 15.9. The number of nitro benzene ring substituents is 1. The van der Waals surface area contributed by atoms with Gasteiger partial charge in [0.05, 0.1) is 17.6 Å². The molecule has 1 atom stereocenters. The molecule has 0 amide bonds. The Labute approximate surface area is 128 Å². The third-order valence-electron chi connectivity index (χ3n) is 3.01. The SMILES string of the molecule is CCNC(C)(C#N)CCCOc1cc(Cl)ccc1[N+](=O)[O-]. The van der Waals surface area contributed by atoms with Crippen molar-refractivity contribution in [3.05, 3.63) is 33.3 Å². The summed E-state index contributed by atoms with van der Waals surface area (Å²) in [5.74, 6) is 0.148. The van der Waals surface area contributed by atoms with Gasteiger partial charge in [-0.3, -0.25) is 15.4 Å². The summed E-state index contributed by atoms with van der Waals surface area (Å²) in [6.07, 6.45) is 1.19. The molecule has 1 aromatic rings. The lowest BCUT2D eigenvalue weighted by Crippen LogP contribution is -2.40. The van der Waals surface area contributed by atoms with Crippen molar-refractivity contribution >= 4 is 17.3 Å². The van der Waals surface area contributed by atoms with Gasteiger partial charge in [0.2, 0.25) is 0 Å². The number of halogens is 1. The number of rotatable bonds is 8. The number of benzene rings is 1. The second kappa shape index (κ2) is 7.81. The lowest BCUT2D eigenvalue weighted by Gasteiger charge is -2.22. The maximum atomic E-state index is 10.9. The Hall–Kier alpha value is -1.84. The number of nitriles is 1. The van der Waals surface area contributed by atoms with Gasteiger partial charge in [-0.25, -0.2) is 0 Å². The molecule has 7 heteroatoms. The lowest BCUT2D eigenvalue weighted by atomic mass is 9.98. The summed E-state index contributed by atoms with van der Waals surface area (Å²) >= 11 is 5.81. The van der Waals surface area contributed by atoms with Gasteiger partial charge in [0, 0.05) is 17.2 Å². The number of hydrogen-bond acceptors (Lipinski definition) is 5. The summed E-state index contributed by atoms with van der Waals surface area (Å²) < 4.78 is 5.43. The van der Waals surface area contributed by atoms with Gasteiger partial charge in [-0.15, -0.1) is 0 Å². The minimum absolute atomic E-state index is 0.117. The fourth-order valence-electron chi connectivity index (χ4n) is 1.94. The van der Waals surface area contributed by atoms with Gasteiger partial charge in [0.25, 0.3) is 0 Å². The normalized spacial score (nSPS) is 13.2. The van der Waals surface area contributed by atoms with Crippen molar-refractivity contribution in [3.8, 4) is 11.8 Å². The lowest BCUT2D eigenvalue weighted by molar-refractivity contribution is -0.385. The highest BCUT2D eigenvalue weighted by Crippen LogP contribution is 2.30. The highest BCUT2D eigenvalue weighted by Gasteiger charge is 2.22. The van der Waals surface area contributed by atoms with E-state index in [0.717, 1.165) is 0 Å². The van der Waals surface area contributed by atoms with E-state index >= 15 is 0 Å². The molecule has 6 nitrogen and oxygen atoms in total. The molecule has 1 aromatic carbocycles. The highest BCUT2D eigenvalue weighted by molar-refractivity contribution is 6.30. The number of ether oxygens (including phenoxy) is 1. The van der Waals surface area contributed by atoms with Gasteiger partial charge in [-0.1, -0.05) is 18.5 Å². The molecule has 1 N–H and O–H groups in total. The van der Waals surface area contributed by atoms with E-state index in [9.17, 15) is 10.1 Å². The maximum absolute atomic E-state index is 10.9. The summed E-state index contributed by atoms with van der Waals surface area (Å²) in [7, 11) is 0. The van der Waals surface area contributed by atoms with Crippen LogP contribution in [0, 0.1) is 21.4 Å². The average Bonchev–Trinajstić information content (AvgIpc) is 2.44. The second-order valence-electron chi connectivity index (χ2n) is 4.80. The van der Waals surface area contributed by atoms with Crippen LogP contribution in [0.3, 0.4) is 0 Å². The topological polar surface area (TPSA) is 88.2 Å². The minimum Gasteiger partial charge on any atom is -0.487 e. The summed E-state index contributed by atoms with van der Waals surface area (Å²) in [5.41, 5.74) is -0.729. The molecule has 0 heterocycles. The molecule has 0 spiro atoms. The molecule has 0 bridgehead atoms. The molecule has 0 aliphatic carbocycles. The third kappa shape index (κ3) is 5.21. The third-order valence-corrected chi connectivity index (χ3v) is 3.25. The molecule has 0 fully saturated rings. The van der Waals surface area contributed by atoms with E-state index in [-0.39, 0.29) is 18.0 Å². The monoisotopic (exact) mass is 311 g/mol. The Morgan fingerprint density at radius 1 is 1.57 bits per heavy atom. The Morgan fingerprint density at radius 3 is 2.86 bits per heavy atom. The first-order chi connectivity index (χ1) is 9.91. The second-order valence-corrected chi connectivity index (χ2v) is 5.23. The molecule has 114 valence electrons. The predicted molar refractivity (Wildman–Crippen MR) is 80.5 cm³/mol. The van der Waals surface area contributed by atoms with Gasteiger partial charge < -0.3 is 4.74 Å². The van der Waals surface area contributed by atoms with Crippen molar-refractivity contribution in [3.63, 3.8) is 0 Å². The average molecular weight is 312 g/mol. The van der Waals surface area contributed by atoms with E-state index in [4.69, 9.17) is 21.6 Å². The molecule has 0 saturated carbocycles. The minimum atomic E-state index is -0.613. The van der Waals surface area contributed by atoms with Gasteiger partial charge >= 0.3 is 5.69 Å². The van der Waals surface area contributed by atoms with Crippen molar-refractivity contribution in [1.82, 2.24) is 5.32 Å². The standard InChI is InChI=1S/C14H18ClN3O3/c1-3-17-14(2,10-16)7-4-8-21-13-9-11(15)5-6-12(13)18(19)20/h5-6,9,17H,3-4,7-8H2,1-2H3. The van der Waals surface area contributed by atoms with Crippen molar-refractivity contribution in [1.29, 1.82) is 5.26 Å². The molecule has 0 aliphatic rings. The van der Waals surface area contributed by atoms with Crippen LogP contribution in [0.15, 0.2) is 18.2 Å². The fraction of sp³-hybridized carbons (Fsp3) is 0.500. The van der Waals surface area contributed by atoms with E-state index in [2.05, 4.69) is 11.4 Å². The van der Waals surface area contributed by atoms with Gasteiger partial charge in [-0.05, 0) is 32.4 Å². The Morgan fingerprint density at radius 2 is 2.29 bits per heavy atom. The molecule has 1 unspecified atom stereocenters. The zero-order valence-corrected chi connectivity index (χ0v) is 12.8. The van der Waals surface area contributed by atoms with Crippen LogP contribution in [-0.2, 0) is 0 Å². The van der Waals surface area contributed by atoms with Gasteiger partial charge in [0.15, 0.2) is 5.75 Å². The van der Waals surface area contributed by atoms with Crippen LogP contribution < -0.4 is 10.1 Å². The number of nitrogens with zero attached hydrogens (tertiary/aromatic N) is 2. The van der Waals surface area contributed by atoms with Crippen LogP contribution in [0.5, 0.6) is 5.75 Å². The predicted octanol–water partition coefficient (Wildman–Crippen LogP) is 3.30. The number of hydrogen-bond donors (Lipinski definition) is 1. The molecule has 0 radical (unpaired) electrons. The summed E-state index contributed by atoms with van der Waals surface area (Å²) in [6.45, 7) is 4.73. The van der Waals surface area contributed by atoms with E-state index in [1.165, 1.54) is 18.2 Å². The Bertz CT molecular complexity index is 545. The molecular weight excluding hydrogens is 294 g/mol. The quantitative estimate of drug-likeness (QED) is 0.452. The van der Waals surface area contributed by atoms with Crippen molar-refractivity contribution in [2.75, 3.05) is 13.2 Å². The summed E-state index contributed by atoms with van der Waals surface area (Å²) in [4.78, 5) is 10.4. The molecule has 0 saturated heterocycles. The van der Waals surface area contributed by atoms with E-state index in [0.29, 0.717) is 24.4 Å². The van der Waals surface area contributed by atoms with Crippen LogP contribution in [0.2, 0.25) is 5.02 Å². The van der Waals surface area contributed by atoms with Crippen molar-refractivity contribution < 1.29 is 9.66 Å². The highest BCUT2D eigenvalue weighted by atomic mass is 35.5. The molecular formula is C14H18ClN3O3. The van der Waals surface area contributed by atoms with Gasteiger partial charge in [0.1, 0.15) is 5.54 Å². The summed E-state index contributed by atoms with van der Waals surface area (Å²) in [5, 5.41) is 23.5. The first-order valence-corrected chi connectivity index (χ1v) is 7.02. The van der Waals surface area contributed by atoms with Crippen LogP contribution in [-0.4, -0.2) is 23.6 Å². The smallest absolute Gasteiger partial charge is 0.311 e. The molecule has 21 heavy (non-hydrogen) atoms. The van der Waals surface area contributed by atoms with E-state index in [1.807, 2.05) is 13.8 Å². The van der Waals surface area contributed by atoms with Crippen molar-refractivity contribution in [2.45, 2.75) is 32.2 Å². The first-order valence-electron chi connectivity index (χ1n) is 6.65. The molecule has 0 aromatic heterocycles. The number of nitrogens with one attached hydrogen (secondary N) is 1. The largest absolute Gasteiger partial charge is 0.487 e. The summed E-state index contributed by atoms with van der Waals surface area (Å²) in [6, 6.07) is 6.41. The fourth-order valence-corrected chi connectivity index (χ4v) is 2.10. The van der Waals surface area contributed by atoms with Crippen LogP contribution in [0.4, 0.5) is 5.69 Å². The van der Waals surface area contributed by atoms with Crippen LogP contribution in [0.1, 0.15) is 26.7 Å². The van der Waals surface area contributed by atoms with Gasteiger partial charge in [-0.2, -0.15) is 5.26 Å². The van der Waals surface area contributed by atoms with E-state index < -0.39 is 10.5 Å². The maximum Gasteiger partial charge on any atom is 0.311 e. The van der Waals surface area contributed by atoms with E-state index in [1.54, 1.807) is 0 Å².